The Morgan fingerprint density at radius 3 is 3.00 bits per heavy atom. The van der Waals surface area contributed by atoms with Crippen molar-refractivity contribution in [2.75, 3.05) is 0 Å². The average Bonchev–Trinajstić information content (AvgIpc) is 2.35. The number of pyridine rings is 2. The van der Waals surface area contributed by atoms with Gasteiger partial charge in [0.2, 0.25) is 0 Å². The van der Waals surface area contributed by atoms with Gasteiger partial charge in [-0.25, -0.2) is 0 Å². The standard InChI is InChI=1S/C13H15N3O/c1-10-3-2-6-16(13(10)17)9-11-4-5-15-12(7-11)8-14/h2-7H,8-9,14H2,1H3. The normalized spacial score (nSPS) is 10.5. The maximum Gasteiger partial charge on any atom is 0.253 e. The fourth-order valence-corrected chi connectivity index (χ4v) is 1.72. The molecule has 0 unspecified atom stereocenters. The van der Waals surface area contributed by atoms with Gasteiger partial charge in [0.15, 0.2) is 0 Å². The predicted molar refractivity (Wildman–Crippen MR) is 66.7 cm³/mol. The quantitative estimate of drug-likeness (QED) is 0.856. The van der Waals surface area contributed by atoms with Gasteiger partial charge in [-0.2, -0.15) is 0 Å². The van der Waals surface area contributed by atoms with Gasteiger partial charge >= 0.3 is 0 Å². The van der Waals surface area contributed by atoms with Crippen molar-refractivity contribution in [3.63, 3.8) is 0 Å². The molecule has 0 aliphatic rings. The summed E-state index contributed by atoms with van der Waals surface area (Å²) in [5.41, 5.74) is 8.20. The number of aromatic nitrogens is 2. The third-order valence-electron chi connectivity index (χ3n) is 2.65. The van der Waals surface area contributed by atoms with E-state index in [2.05, 4.69) is 4.98 Å². The van der Waals surface area contributed by atoms with Crippen LogP contribution in [0.5, 0.6) is 0 Å². The Bertz CT molecular complexity index is 575. The molecule has 0 aliphatic carbocycles. The van der Waals surface area contributed by atoms with Crippen LogP contribution in [0.3, 0.4) is 0 Å². The maximum atomic E-state index is 11.9. The van der Waals surface area contributed by atoms with Gasteiger partial charge < -0.3 is 10.3 Å². The van der Waals surface area contributed by atoms with E-state index in [1.54, 1.807) is 17.0 Å². The Balaban J connectivity index is 2.31. The molecule has 0 fully saturated rings. The van der Waals surface area contributed by atoms with Gasteiger partial charge in [-0.3, -0.25) is 9.78 Å². The van der Waals surface area contributed by atoms with E-state index in [4.69, 9.17) is 5.73 Å². The molecule has 0 saturated carbocycles. The molecule has 88 valence electrons. The molecule has 0 saturated heterocycles. The van der Waals surface area contributed by atoms with Gasteiger partial charge in [-0.1, -0.05) is 6.07 Å². The van der Waals surface area contributed by atoms with Crippen LogP contribution in [0.15, 0.2) is 41.5 Å². The van der Waals surface area contributed by atoms with E-state index < -0.39 is 0 Å². The van der Waals surface area contributed by atoms with Gasteiger partial charge in [-0.05, 0) is 30.7 Å². The Kier molecular flexibility index (Phi) is 3.35. The molecular formula is C13H15N3O. The van der Waals surface area contributed by atoms with Gasteiger partial charge in [0.05, 0.1) is 12.2 Å². The number of aryl methyl sites for hydroxylation is 1. The van der Waals surface area contributed by atoms with Crippen LogP contribution in [0.25, 0.3) is 0 Å². The molecule has 0 aromatic carbocycles. The van der Waals surface area contributed by atoms with Crippen LogP contribution in [0, 0.1) is 6.92 Å². The molecule has 4 nitrogen and oxygen atoms in total. The Morgan fingerprint density at radius 1 is 1.41 bits per heavy atom. The second-order valence-electron chi connectivity index (χ2n) is 3.98. The van der Waals surface area contributed by atoms with Gasteiger partial charge in [0.1, 0.15) is 0 Å². The van der Waals surface area contributed by atoms with Gasteiger partial charge in [0.25, 0.3) is 5.56 Å². The molecule has 0 spiro atoms. The lowest BCUT2D eigenvalue weighted by Gasteiger charge is -2.07. The lowest BCUT2D eigenvalue weighted by atomic mass is 10.2. The molecule has 0 amide bonds. The number of rotatable bonds is 3. The highest BCUT2D eigenvalue weighted by atomic mass is 16.1. The summed E-state index contributed by atoms with van der Waals surface area (Å²) in [7, 11) is 0. The molecule has 2 aromatic heterocycles. The number of hydrogen-bond donors (Lipinski definition) is 1. The van der Waals surface area contributed by atoms with Crippen molar-refractivity contribution in [1.82, 2.24) is 9.55 Å². The summed E-state index contributed by atoms with van der Waals surface area (Å²) < 4.78 is 1.69. The predicted octanol–water partition coefficient (Wildman–Crippen LogP) is 1.06. The van der Waals surface area contributed by atoms with Crippen molar-refractivity contribution < 1.29 is 0 Å². The fraction of sp³-hybridized carbons (Fsp3) is 0.231. The zero-order chi connectivity index (χ0) is 12.3. The SMILES string of the molecule is Cc1cccn(Cc2ccnc(CN)c2)c1=O. The van der Waals surface area contributed by atoms with E-state index in [9.17, 15) is 4.79 Å². The number of hydrogen-bond acceptors (Lipinski definition) is 3. The van der Waals surface area contributed by atoms with Crippen molar-refractivity contribution in [2.45, 2.75) is 20.0 Å². The lowest BCUT2D eigenvalue weighted by molar-refractivity contribution is 0.749. The monoisotopic (exact) mass is 229 g/mol. The highest BCUT2D eigenvalue weighted by molar-refractivity contribution is 5.18. The third-order valence-corrected chi connectivity index (χ3v) is 2.65. The molecule has 0 radical (unpaired) electrons. The summed E-state index contributed by atoms with van der Waals surface area (Å²) in [6.45, 7) is 2.78. The van der Waals surface area contributed by atoms with Crippen molar-refractivity contribution in [3.05, 3.63) is 63.8 Å². The third kappa shape index (κ3) is 2.60. The highest BCUT2D eigenvalue weighted by Crippen LogP contribution is 2.03. The average molecular weight is 229 g/mol. The molecule has 0 bridgehead atoms. The van der Waals surface area contributed by atoms with Crippen LogP contribution >= 0.6 is 0 Å². The minimum Gasteiger partial charge on any atom is -0.325 e. The van der Waals surface area contributed by atoms with Crippen molar-refractivity contribution in [2.24, 2.45) is 5.73 Å². The molecular weight excluding hydrogens is 214 g/mol. The Hall–Kier alpha value is -1.94. The first kappa shape index (κ1) is 11.5. The first-order valence-electron chi connectivity index (χ1n) is 5.50. The largest absolute Gasteiger partial charge is 0.325 e. The summed E-state index contributed by atoms with van der Waals surface area (Å²) in [6, 6.07) is 7.52. The molecule has 0 atom stereocenters. The lowest BCUT2D eigenvalue weighted by Crippen LogP contribution is -2.21. The summed E-state index contributed by atoms with van der Waals surface area (Å²) in [6.07, 6.45) is 3.51. The second kappa shape index (κ2) is 4.93. The first-order valence-corrected chi connectivity index (χ1v) is 5.50. The van der Waals surface area contributed by atoms with E-state index >= 15 is 0 Å². The minimum absolute atomic E-state index is 0.0404. The van der Waals surface area contributed by atoms with Gasteiger partial charge in [-0.15, -0.1) is 0 Å². The molecule has 2 aromatic rings. The van der Waals surface area contributed by atoms with Crippen molar-refractivity contribution >= 4 is 0 Å². The summed E-state index contributed by atoms with van der Waals surface area (Å²) in [5, 5.41) is 0. The molecule has 0 aliphatic heterocycles. The van der Waals surface area contributed by atoms with E-state index in [1.807, 2.05) is 31.2 Å². The summed E-state index contributed by atoms with van der Waals surface area (Å²) in [4.78, 5) is 16.0. The molecule has 4 heteroatoms. The Labute approximate surface area is 99.7 Å². The summed E-state index contributed by atoms with van der Waals surface area (Å²) in [5.74, 6) is 0. The van der Waals surface area contributed by atoms with Crippen molar-refractivity contribution in [1.29, 1.82) is 0 Å². The topological polar surface area (TPSA) is 60.9 Å². The van der Waals surface area contributed by atoms with Crippen LogP contribution in [-0.4, -0.2) is 9.55 Å². The second-order valence-corrected chi connectivity index (χ2v) is 3.98. The first-order chi connectivity index (χ1) is 8.20. The van der Waals surface area contributed by atoms with Crippen LogP contribution in [-0.2, 0) is 13.1 Å². The molecule has 2 heterocycles. The molecule has 2 rings (SSSR count). The van der Waals surface area contributed by atoms with Crippen molar-refractivity contribution in [3.8, 4) is 0 Å². The van der Waals surface area contributed by atoms with E-state index in [0.29, 0.717) is 13.1 Å². The number of nitrogens with zero attached hydrogens (tertiary/aromatic N) is 2. The van der Waals surface area contributed by atoms with E-state index in [-0.39, 0.29) is 5.56 Å². The van der Waals surface area contributed by atoms with Crippen LogP contribution in [0.1, 0.15) is 16.8 Å². The fourth-order valence-electron chi connectivity index (χ4n) is 1.72. The Morgan fingerprint density at radius 2 is 2.24 bits per heavy atom. The molecule has 2 N–H and O–H groups in total. The van der Waals surface area contributed by atoms with Gasteiger partial charge in [0, 0.05) is 24.5 Å². The minimum atomic E-state index is 0.0404. The highest BCUT2D eigenvalue weighted by Gasteiger charge is 2.01. The summed E-state index contributed by atoms with van der Waals surface area (Å²) >= 11 is 0. The smallest absolute Gasteiger partial charge is 0.253 e. The molecule has 17 heavy (non-hydrogen) atoms. The van der Waals surface area contributed by atoms with Crippen LogP contribution in [0.2, 0.25) is 0 Å². The zero-order valence-corrected chi connectivity index (χ0v) is 9.76. The number of nitrogens with two attached hydrogens (primary N) is 1. The zero-order valence-electron chi connectivity index (χ0n) is 9.76. The van der Waals surface area contributed by atoms with E-state index in [0.717, 1.165) is 16.8 Å². The van der Waals surface area contributed by atoms with E-state index in [1.165, 1.54) is 0 Å². The van der Waals surface area contributed by atoms with Crippen LogP contribution < -0.4 is 11.3 Å². The maximum absolute atomic E-state index is 11.9. The van der Waals surface area contributed by atoms with Crippen LogP contribution in [0.4, 0.5) is 0 Å².